The van der Waals surface area contributed by atoms with Gasteiger partial charge in [0.2, 0.25) is 10.0 Å². The first-order chi connectivity index (χ1) is 15.5. The molecule has 2 aromatic rings. The number of nitrogens with two attached hydrogens (primary N) is 2. The lowest BCUT2D eigenvalue weighted by Crippen LogP contribution is -2.33. The molecule has 0 atom stereocenters. The second kappa shape index (κ2) is 11.5. The fourth-order valence-corrected chi connectivity index (χ4v) is 3.23. The van der Waals surface area contributed by atoms with Crippen LogP contribution in [-0.2, 0) is 14.8 Å². The Labute approximate surface area is 191 Å². The maximum atomic E-state index is 14.5. The monoisotopic (exact) mass is 480 g/mol. The van der Waals surface area contributed by atoms with Gasteiger partial charge >= 0.3 is 0 Å². The summed E-state index contributed by atoms with van der Waals surface area (Å²) in [4.78, 5) is 15.7. The van der Waals surface area contributed by atoms with Crippen molar-refractivity contribution < 1.29 is 26.7 Å². The standard InChI is InChI=1S/C22H26F2N4O4S/c1-3-4-5-10-27-22(25)28-21(29)14(2)11-15-12-18(23)20(19(24)13-15)32-16-6-8-17(9-7-16)33(26,30)31/h6-9,11-13H,3-5,10H2,1-2H3,(H2,26,30,31)(H3,25,27,28,29)/b14-11+. The number of rotatable bonds is 9. The number of primary sulfonamides is 1. The van der Waals surface area contributed by atoms with E-state index in [9.17, 15) is 22.0 Å². The number of hydrogen-bond acceptors (Lipinski definition) is 4. The van der Waals surface area contributed by atoms with Crippen LogP contribution in [0, 0.1) is 11.6 Å². The number of nitrogens with zero attached hydrogens (tertiary/aromatic N) is 1. The molecule has 0 aliphatic heterocycles. The van der Waals surface area contributed by atoms with Gasteiger partial charge < -0.3 is 15.8 Å². The zero-order chi connectivity index (χ0) is 24.6. The molecular weight excluding hydrogens is 454 g/mol. The minimum atomic E-state index is -3.91. The van der Waals surface area contributed by atoms with Crippen LogP contribution >= 0.6 is 0 Å². The lowest BCUT2D eigenvalue weighted by atomic mass is 10.1. The summed E-state index contributed by atoms with van der Waals surface area (Å²) in [5, 5.41) is 7.84. The second-order valence-corrected chi connectivity index (χ2v) is 8.76. The van der Waals surface area contributed by atoms with E-state index in [-0.39, 0.29) is 27.7 Å². The number of aliphatic imine (C=N–C) groups is 1. The molecule has 0 aliphatic rings. The Morgan fingerprint density at radius 3 is 2.30 bits per heavy atom. The van der Waals surface area contributed by atoms with Gasteiger partial charge in [0.1, 0.15) is 5.75 Å². The summed E-state index contributed by atoms with van der Waals surface area (Å²) in [5.41, 5.74) is 5.88. The lowest BCUT2D eigenvalue weighted by Gasteiger charge is -2.09. The third-order valence-electron chi connectivity index (χ3n) is 4.42. The minimum Gasteiger partial charge on any atom is -0.451 e. The Hall–Kier alpha value is -3.31. The van der Waals surface area contributed by atoms with E-state index >= 15 is 0 Å². The summed E-state index contributed by atoms with van der Waals surface area (Å²) in [6.45, 7) is 4.10. The Morgan fingerprint density at radius 1 is 1.15 bits per heavy atom. The largest absolute Gasteiger partial charge is 0.451 e. The van der Waals surface area contributed by atoms with Gasteiger partial charge in [-0.3, -0.25) is 4.79 Å². The van der Waals surface area contributed by atoms with E-state index in [1.165, 1.54) is 25.1 Å². The molecule has 0 heterocycles. The summed E-state index contributed by atoms with van der Waals surface area (Å²) in [6, 6.07) is 6.71. The van der Waals surface area contributed by atoms with Crippen LogP contribution in [0.15, 0.2) is 51.9 Å². The van der Waals surface area contributed by atoms with Crippen molar-refractivity contribution >= 4 is 28.0 Å². The van der Waals surface area contributed by atoms with Crippen LogP contribution in [0.25, 0.3) is 6.08 Å². The number of guanidine groups is 1. The number of ether oxygens (including phenoxy) is 1. The van der Waals surface area contributed by atoms with Crippen molar-refractivity contribution in [1.29, 1.82) is 0 Å². The summed E-state index contributed by atoms with van der Waals surface area (Å²) in [7, 11) is -3.91. The fourth-order valence-electron chi connectivity index (χ4n) is 2.72. The predicted octanol–water partition coefficient (Wildman–Crippen LogP) is 3.43. The Morgan fingerprint density at radius 2 is 1.76 bits per heavy atom. The van der Waals surface area contributed by atoms with E-state index in [0.717, 1.165) is 43.5 Å². The van der Waals surface area contributed by atoms with Gasteiger partial charge in [0, 0.05) is 12.1 Å². The molecule has 8 nitrogen and oxygen atoms in total. The van der Waals surface area contributed by atoms with E-state index in [1.54, 1.807) is 0 Å². The first-order valence-corrected chi connectivity index (χ1v) is 11.7. The zero-order valence-electron chi connectivity index (χ0n) is 18.3. The second-order valence-electron chi connectivity index (χ2n) is 7.20. The van der Waals surface area contributed by atoms with Crippen molar-refractivity contribution in [3.63, 3.8) is 0 Å². The van der Waals surface area contributed by atoms with E-state index < -0.39 is 33.3 Å². The smallest absolute Gasteiger partial charge is 0.275 e. The fraction of sp³-hybridized carbons (Fsp3) is 0.273. The van der Waals surface area contributed by atoms with Gasteiger partial charge in [0.15, 0.2) is 23.3 Å². The molecule has 0 bridgehead atoms. The number of carbonyl (C=O) groups excluding carboxylic acids is 1. The van der Waals surface area contributed by atoms with Crippen LogP contribution < -0.4 is 20.9 Å². The first kappa shape index (κ1) is 25.9. The van der Waals surface area contributed by atoms with Gasteiger partial charge in [-0.25, -0.2) is 22.3 Å². The van der Waals surface area contributed by atoms with Crippen molar-refractivity contribution in [2.45, 2.75) is 38.0 Å². The maximum absolute atomic E-state index is 14.5. The van der Waals surface area contributed by atoms with Crippen molar-refractivity contribution in [2.75, 3.05) is 6.54 Å². The van der Waals surface area contributed by atoms with Crippen LogP contribution in [0.5, 0.6) is 11.5 Å². The quantitative estimate of drug-likeness (QED) is 0.218. The molecule has 11 heteroatoms. The molecular formula is C22H26F2N4O4S. The Bertz CT molecular complexity index is 1140. The molecule has 1 amide bonds. The Balaban J connectivity index is 2.13. The number of benzene rings is 2. The van der Waals surface area contributed by atoms with Crippen LogP contribution in [-0.4, -0.2) is 26.8 Å². The highest BCUT2D eigenvalue weighted by Gasteiger charge is 2.15. The number of nitrogens with one attached hydrogen (secondary N) is 1. The lowest BCUT2D eigenvalue weighted by molar-refractivity contribution is -0.114. The van der Waals surface area contributed by atoms with Gasteiger partial charge in [-0.2, -0.15) is 4.99 Å². The molecule has 2 rings (SSSR count). The van der Waals surface area contributed by atoms with Crippen molar-refractivity contribution in [3.05, 3.63) is 59.2 Å². The number of sulfonamides is 1. The summed E-state index contributed by atoms with van der Waals surface area (Å²) >= 11 is 0. The molecule has 0 fully saturated rings. The highest BCUT2D eigenvalue weighted by atomic mass is 32.2. The molecule has 0 aromatic heterocycles. The molecule has 0 spiro atoms. The molecule has 0 saturated carbocycles. The summed E-state index contributed by atoms with van der Waals surface area (Å²) in [6.07, 6.45) is 4.22. The minimum absolute atomic E-state index is 0.00565. The van der Waals surface area contributed by atoms with Crippen LogP contribution in [0.2, 0.25) is 0 Å². The number of unbranched alkanes of at least 4 members (excludes halogenated alkanes) is 2. The highest BCUT2D eigenvalue weighted by molar-refractivity contribution is 7.89. The van der Waals surface area contributed by atoms with Gasteiger partial charge in [0.05, 0.1) is 4.90 Å². The van der Waals surface area contributed by atoms with Crippen LogP contribution in [0.1, 0.15) is 38.7 Å². The third-order valence-corrected chi connectivity index (χ3v) is 5.35. The van der Waals surface area contributed by atoms with E-state index in [4.69, 9.17) is 15.6 Å². The zero-order valence-corrected chi connectivity index (χ0v) is 19.1. The van der Waals surface area contributed by atoms with Gasteiger partial charge in [-0.15, -0.1) is 0 Å². The Kier molecular flexibility index (Phi) is 9.06. The molecule has 178 valence electrons. The summed E-state index contributed by atoms with van der Waals surface area (Å²) < 4.78 is 56.7. The van der Waals surface area contributed by atoms with Crippen LogP contribution in [0.4, 0.5) is 8.78 Å². The van der Waals surface area contributed by atoms with Crippen molar-refractivity contribution in [2.24, 2.45) is 15.9 Å². The molecule has 0 radical (unpaired) electrons. The van der Waals surface area contributed by atoms with Crippen molar-refractivity contribution in [1.82, 2.24) is 5.32 Å². The normalized spacial score (nSPS) is 12.5. The van der Waals surface area contributed by atoms with Gasteiger partial charge in [0.25, 0.3) is 5.91 Å². The average Bonchev–Trinajstić information content (AvgIpc) is 2.73. The third kappa shape index (κ3) is 7.95. The van der Waals surface area contributed by atoms with Crippen molar-refractivity contribution in [3.8, 4) is 11.5 Å². The highest BCUT2D eigenvalue weighted by Crippen LogP contribution is 2.30. The average molecular weight is 481 g/mol. The van der Waals surface area contributed by atoms with Crippen LogP contribution in [0.3, 0.4) is 0 Å². The number of amides is 1. The SMILES string of the molecule is CCCCCN/C(N)=N\C(=O)/C(C)=C/c1cc(F)c(Oc2ccc(S(N)(=O)=O)cc2)c(F)c1. The van der Waals surface area contributed by atoms with Gasteiger partial charge in [-0.1, -0.05) is 19.8 Å². The first-order valence-electron chi connectivity index (χ1n) is 10.1. The molecule has 0 aliphatic carbocycles. The molecule has 33 heavy (non-hydrogen) atoms. The molecule has 0 unspecified atom stereocenters. The van der Waals surface area contributed by atoms with E-state index in [2.05, 4.69) is 17.2 Å². The number of hydrogen-bond donors (Lipinski definition) is 3. The molecule has 0 saturated heterocycles. The number of carbonyl (C=O) groups is 1. The van der Waals surface area contributed by atoms with Gasteiger partial charge in [-0.05, 0) is 61.4 Å². The van der Waals surface area contributed by atoms with E-state index in [1.807, 2.05) is 0 Å². The summed E-state index contributed by atoms with van der Waals surface area (Å²) in [5.74, 6) is -3.38. The maximum Gasteiger partial charge on any atom is 0.275 e. The topological polar surface area (TPSA) is 137 Å². The number of halogens is 2. The molecule has 2 aromatic carbocycles. The van der Waals surface area contributed by atoms with E-state index in [0.29, 0.717) is 6.54 Å². The predicted molar refractivity (Wildman–Crippen MR) is 122 cm³/mol. The molecule has 5 N–H and O–H groups in total.